The fraction of sp³-hybridized carbons (Fsp3) is 0.273. The second-order valence-electron chi connectivity index (χ2n) is 7.42. The molecule has 172 valence electrons. The summed E-state index contributed by atoms with van der Waals surface area (Å²) in [5.74, 6) is -1.43. The van der Waals surface area contributed by atoms with Gasteiger partial charge in [0.1, 0.15) is 5.75 Å². The minimum absolute atomic E-state index is 0.0523. The zero-order valence-corrected chi connectivity index (χ0v) is 18.4. The molecule has 0 spiro atoms. The average Bonchev–Trinajstić information content (AvgIpc) is 2.78. The molecule has 0 radical (unpaired) electrons. The molecule has 11 heteroatoms. The van der Waals surface area contributed by atoms with E-state index in [1.54, 1.807) is 38.1 Å². The van der Waals surface area contributed by atoms with Crippen LogP contribution in [0.15, 0.2) is 47.3 Å². The number of non-ortho nitro benzene ring substituents is 1. The van der Waals surface area contributed by atoms with E-state index in [-0.39, 0.29) is 34.4 Å². The third-order valence-electron chi connectivity index (χ3n) is 4.82. The number of hydrogen-bond donors (Lipinski definition) is 1. The maximum Gasteiger partial charge on any atom is 0.360 e. The van der Waals surface area contributed by atoms with Crippen LogP contribution < -0.4 is 15.6 Å². The molecule has 0 fully saturated rings. The summed E-state index contributed by atoms with van der Waals surface area (Å²) in [5.41, 5.74) is -0.647. The number of ether oxygens (including phenoxy) is 2. The van der Waals surface area contributed by atoms with Gasteiger partial charge in [-0.2, -0.15) is 5.10 Å². The first kappa shape index (κ1) is 23.4. The van der Waals surface area contributed by atoms with Crippen LogP contribution >= 0.6 is 0 Å². The Bertz CT molecular complexity index is 1300. The SMILES string of the molecule is COc1ccc([N+](=O)[O-])cc1NC(=O)C(C)OC(=O)c1nn(C(C)C)c(=O)c2ccccc12. The van der Waals surface area contributed by atoms with E-state index in [4.69, 9.17) is 9.47 Å². The number of rotatable bonds is 7. The van der Waals surface area contributed by atoms with Crippen molar-refractivity contribution in [1.82, 2.24) is 9.78 Å². The standard InChI is InChI=1S/C22H22N4O7/c1-12(2)25-21(28)16-8-6-5-7-15(16)19(24-25)22(29)33-13(3)20(27)23-17-11-14(26(30)31)9-10-18(17)32-4/h5-13H,1-4H3,(H,23,27). The molecule has 1 unspecified atom stereocenters. The third kappa shape index (κ3) is 4.81. The van der Waals surface area contributed by atoms with Crippen molar-refractivity contribution < 1.29 is 24.0 Å². The summed E-state index contributed by atoms with van der Waals surface area (Å²) in [5, 5.41) is 18.3. The molecule has 11 nitrogen and oxygen atoms in total. The zero-order valence-electron chi connectivity index (χ0n) is 18.4. The Morgan fingerprint density at radius 2 is 1.79 bits per heavy atom. The van der Waals surface area contributed by atoms with Crippen LogP contribution in [0.25, 0.3) is 10.8 Å². The number of carbonyl (C=O) groups excluding carboxylic acids is 2. The second kappa shape index (κ2) is 9.47. The fourth-order valence-electron chi connectivity index (χ4n) is 3.12. The van der Waals surface area contributed by atoms with E-state index in [1.807, 2.05) is 0 Å². The lowest BCUT2D eigenvalue weighted by molar-refractivity contribution is -0.384. The van der Waals surface area contributed by atoms with Gasteiger partial charge in [-0.25, -0.2) is 9.48 Å². The Morgan fingerprint density at radius 3 is 2.39 bits per heavy atom. The van der Waals surface area contributed by atoms with Crippen LogP contribution in [0, 0.1) is 10.1 Å². The lowest BCUT2D eigenvalue weighted by Gasteiger charge is -2.16. The van der Waals surface area contributed by atoms with Gasteiger partial charge in [-0.15, -0.1) is 0 Å². The van der Waals surface area contributed by atoms with Crippen molar-refractivity contribution in [2.75, 3.05) is 12.4 Å². The highest BCUT2D eigenvalue weighted by molar-refractivity contribution is 6.04. The molecule has 1 aromatic heterocycles. The highest BCUT2D eigenvalue weighted by Gasteiger charge is 2.25. The van der Waals surface area contributed by atoms with E-state index < -0.39 is 22.9 Å². The number of nitro benzene ring substituents is 1. The number of nitrogens with zero attached hydrogens (tertiary/aromatic N) is 3. The topological polar surface area (TPSA) is 143 Å². The molecule has 3 aromatic rings. The summed E-state index contributed by atoms with van der Waals surface area (Å²) in [6, 6.07) is 9.89. The van der Waals surface area contributed by atoms with Gasteiger partial charge < -0.3 is 14.8 Å². The molecule has 0 aliphatic rings. The van der Waals surface area contributed by atoms with Crippen molar-refractivity contribution in [2.45, 2.75) is 32.9 Å². The number of esters is 1. The molecule has 0 bridgehead atoms. The number of anilines is 1. The van der Waals surface area contributed by atoms with Gasteiger partial charge in [0.05, 0.1) is 29.1 Å². The van der Waals surface area contributed by atoms with E-state index in [0.717, 1.165) is 6.07 Å². The van der Waals surface area contributed by atoms with Crippen molar-refractivity contribution >= 4 is 34.0 Å². The molecular formula is C22H22N4O7. The minimum Gasteiger partial charge on any atom is -0.495 e. The summed E-state index contributed by atoms with van der Waals surface area (Å²) in [6.07, 6.45) is -1.28. The van der Waals surface area contributed by atoms with Crippen LogP contribution in [0.4, 0.5) is 11.4 Å². The van der Waals surface area contributed by atoms with E-state index >= 15 is 0 Å². The number of methoxy groups -OCH3 is 1. The largest absolute Gasteiger partial charge is 0.495 e. The Kier molecular flexibility index (Phi) is 6.71. The molecule has 3 rings (SSSR count). The van der Waals surface area contributed by atoms with Crippen LogP contribution in [-0.4, -0.2) is 39.8 Å². The first-order chi connectivity index (χ1) is 15.6. The van der Waals surface area contributed by atoms with E-state index in [1.165, 1.54) is 30.8 Å². The summed E-state index contributed by atoms with van der Waals surface area (Å²) >= 11 is 0. The van der Waals surface area contributed by atoms with Crippen LogP contribution in [0.3, 0.4) is 0 Å². The van der Waals surface area contributed by atoms with Crippen molar-refractivity contribution in [1.29, 1.82) is 0 Å². The summed E-state index contributed by atoms with van der Waals surface area (Å²) in [6.45, 7) is 4.85. The summed E-state index contributed by atoms with van der Waals surface area (Å²) < 4.78 is 11.6. The average molecular weight is 454 g/mol. The molecule has 1 atom stereocenters. The normalized spacial score (nSPS) is 11.8. The van der Waals surface area contributed by atoms with Crippen LogP contribution in [0.2, 0.25) is 0 Å². The summed E-state index contributed by atoms with van der Waals surface area (Å²) in [4.78, 5) is 48.6. The number of aromatic nitrogens is 2. The molecule has 0 saturated carbocycles. The molecular weight excluding hydrogens is 432 g/mol. The molecule has 1 N–H and O–H groups in total. The molecule has 33 heavy (non-hydrogen) atoms. The fourth-order valence-corrected chi connectivity index (χ4v) is 3.12. The lowest BCUT2D eigenvalue weighted by Crippen LogP contribution is -2.32. The minimum atomic E-state index is -1.28. The maximum atomic E-state index is 12.9. The second-order valence-corrected chi connectivity index (χ2v) is 7.42. The maximum absolute atomic E-state index is 12.9. The predicted octanol–water partition coefficient (Wildman–Crippen LogP) is 3.08. The molecule has 0 saturated heterocycles. The van der Waals surface area contributed by atoms with Gasteiger partial charge in [0.15, 0.2) is 11.8 Å². The Morgan fingerprint density at radius 1 is 1.12 bits per heavy atom. The van der Waals surface area contributed by atoms with Crippen molar-refractivity contribution in [3.05, 3.63) is 68.6 Å². The zero-order chi connectivity index (χ0) is 24.3. The Hall–Kier alpha value is -4.28. The van der Waals surface area contributed by atoms with E-state index in [0.29, 0.717) is 10.8 Å². The molecule has 0 aliphatic carbocycles. The van der Waals surface area contributed by atoms with Crippen LogP contribution in [0.5, 0.6) is 5.75 Å². The van der Waals surface area contributed by atoms with Gasteiger partial charge >= 0.3 is 5.97 Å². The van der Waals surface area contributed by atoms with Gasteiger partial charge in [-0.05, 0) is 32.9 Å². The van der Waals surface area contributed by atoms with Crippen LogP contribution in [-0.2, 0) is 9.53 Å². The van der Waals surface area contributed by atoms with Crippen molar-refractivity contribution in [2.24, 2.45) is 0 Å². The monoisotopic (exact) mass is 454 g/mol. The van der Waals surface area contributed by atoms with Gasteiger partial charge in [-0.3, -0.25) is 19.7 Å². The third-order valence-corrected chi connectivity index (χ3v) is 4.82. The number of benzene rings is 2. The first-order valence-electron chi connectivity index (χ1n) is 9.99. The van der Waals surface area contributed by atoms with Gasteiger partial charge in [0, 0.05) is 17.5 Å². The molecule has 1 amide bonds. The smallest absolute Gasteiger partial charge is 0.360 e. The quantitative estimate of drug-likeness (QED) is 0.326. The number of carbonyl (C=O) groups is 2. The molecule has 2 aromatic carbocycles. The highest BCUT2D eigenvalue weighted by atomic mass is 16.6. The van der Waals surface area contributed by atoms with Crippen molar-refractivity contribution in [3.63, 3.8) is 0 Å². The summed E-state index contributed by atoms with van der Waals surface area (Å²) in [7, 11) is 1.35. The Labute approximate surface area is 188 Å². The van der Waals surface area contributed by atoms with E-state index in [2.05, 4.69) is 10.4 Å². The number of amides is 1. The number of fused-ring (bicyclic) bond motifs is 1. The molecule has 0 aliphatic heterocycles. The van der Waals surface area contributed by atoms with Gasteiger partial charge in [0.25, 0.3) is 17.2 Å². The molecule has 1 heterocycles. The lowest BCUT2D eigenvalue weighted by atomic mass is 10.1. The number of nitro groups is 1. The Balaban J connectivity index is 1.87. The number of hydrogen-bond acceptors (Lipinski definition) is 8. The first-order valence-corrected chi connectivity index (χ1v) is 9.99. The van der Waals surface area contributed by atoms with Gasteiger partial charge in [0.2, 0.25) is 0 Å². The number of nitrogens with one attached hydrogen (secondary N) is 1. The van der Waals surface area contributed by atoms with Crippen molar-refractivity contribution in [3.8, 4) is 5.75 Å². The van der Waals surface area contributed by atoms with E-state index in [9.17, 15) is 24.5 Å². The van der Waals surface area contributed by atoms with Crippen LogP contribution in [0.1, 0.15) is 37.3 Å². The highest BCUT2D eigenvalue weighted by Crippen LogP contribution is 2.29. The predicted molar refractivity (Wildman–Crippen MR) is 120 cm³/mol. The van der Waals surface area contributed by atoms with Gasteiger partial charge in [-0.1, -0.05) is 18.2 Å².